The highest BCUT2D eigenvalue weighted by atomic mass is 16.7. The van der Waals surface area contributed by atoms with Gasteiger partial charge in [-0.1, -0.05) is 12.1 Å². The van der Waals surface area contributed by atoms with Gasteiger partial charge in [-0.05, 0) is 38.5 Å². The highest BCUT2D eigenvalue weighted by Gasteiger charge is 2.24. The number of nitrogens with zero attached hydrogens (tertiary/aromatic N) is 1. The molecule has 1 amide bonds. The Hall–Kier alpha value is -2.61. The number of rotatable bonds is 5. The molecular formula is C17H24N2O6. The topological polar surface area (TPSA) is 108 Å². The lowest BCUT2D eigenvalue weighted by atomic mass is 10.1. The van der Waals surface area contributed by atoms with Crippen LogP contribution >= 0.6 is 0 Å². The van der Waals surface area contributed by atoms with Crippen molar-refractivity contribution < 1.29 is 28.6 Å². The van der Waals surface area contributed by atoms with E-state index in [1.54, 1.807) is 59.1 Å². The summed E-state index contributed by atoms with van der Waals surface area (Å²) in [4.78, 5) is 36.2. The molecule has 1 aromatic carbocycles. The third-order valence-corrected chi connectivity index (χ3v) is 2.93. The van der Waals surface area contributed by atoms with Crippen LogP contribution in [0, 0.1) is 0 Å². The molecule has 0 aromatic heterocycles. The van der Waals surface area contributed by atoms with Gasteiger partial charge in [-0.25, -0.2) is 9.59 Å². The molecule has 0 heterocycles. The van der Waals surface area contributed by atoms with Crippen LogP contribution in [0.25, 0.3) is 0 Å². The molecule has 0 aliphatic rings. The van der Waals surface area contributed by atoms with E-state index in [4.69, 9.17) is 15.2 Å². The fourth-order valence-corrected chi connectivity index (χ4v) is 1.60. The number of amides is 1. The Kier molecular flexibility index (Phi) is 6.93. The number of benzene rings is 1. The second-order valence-electron chi connectivity index (χ2n) is 6.51. The zero-order valence-corrected chi connectivity index (χ0v) is 15.1. The monoisotopic (exact) mass is 352 g/mol. The van der Waals surface area contributed by atoms with Crippen molar-refractivity contribution in [1.29, 1.82) is 0 Å². The van der Waals surface area contributed by atoms with Crippen LogP contribution in [0.4, 0.5) is 4.79 Å². The largest absolute Gasteiger partial charge is 0.516 e. The first kappa shape index (κ1) is 20.4. The molecule has 1 atom stereocenters. The number of hydrogen-bond donors (Lipinski definition) is 1. The summed E-state index contributed by atoms with van der Waals surface area (Å²) < 4.78 is 14.8. The lowest BCUT2D eigenvalue weighted by Crippen LogP contribution is -2.30. The standard InChI is InChI=1S/C17H24N2O6/c1-17(2,3)25-16(22)24-15(21)14(18)11-6-8-12(9-7-11)23-10-13(20)19(4)5/h6-9,14H,10,18H2,1-5H3. The predicted octanol–water partition coefficient (Wildman–Crippen LogP) is 1.63. The molecule has 0 saturated carbocycles. The number of likely N-dealkylation sites (N-methyl/N-ethyl adjacent to an activating group) is 1. The van der Waals surface area contributed by atoms with Gasteiger partial charge in [0.05, 0.1) is 0 Å². The summed E-state index contributed by atoms with van der Waals surface area (Å²) in [5, 5.41) is 0. The number of carbonyl (C=O) groups is 3. The van der Waals surface area contributed by atoms with Gasteiger partial charge < -0.3 is 24.8 Å². The van der Waals surface area contributed by atoms with Crippen molar-refractivity contribution in [2.75, 3.05) is 20.7 Å². The molecule has 8 heteroatoms. The minimum Gasteiger partial charge on any atom is -0.484 e. The van der Waals surface area contributed by atoms with Gasteiger partial charge in [0, 0.05) is 14.1 Å². The Morgan fingerprint density at radius 1 is 1.12 bits per heavy atom. The normalized spacial score (nSPS) is 12.1. The zero-order valence-electron chi connectivity index (χ0n) is 15.1. The molecule has 0 spiro atoms. The van der Waals surface area contributed by atoms with Crippen molar-refractivity contribution in [1.82, 2.24) is 4.90 Å². The van der Waals surface area contributed by atoms with E-state index < -0.39 is 23.8 Å². The molecule has 0 aliphatic heterocycles. The van der Waals surface area contributed by atoms with Gasteiger partial charge in [0.25, 0.3) is 5.91 Å². The van der Waals surface area contributed by atoms with Crippen LogP contribution in [-0.2, 0) is 19.1 Å². The summed E-state index contributed by atoms with van der Waals surface area (Å²) in [6.45, 7) is 4.86. The van der Waals surface area contributed by atoms with Crippen molar-refractivity contribution in [3.8, 4) is 5.75 Å². The van der Waals surface area contributed by atoms with Gasteiger partial charge in [-0.15, -0.1) is 0 Å². The molecule has 8 nitrogen and oxygen atoms in total. The fourth-order valence-electron chi connectivity index (χ4n) is 1.60. The van der Waals surface area contributed by atoms with E-state index in [0.717, 1.165) is 0 Å². The maximum atomic E-state index is 11.9. The van der Waals surface area contributed by atoms with Crippen LogP contribution in [0.5, 0.6) is 5.75 Å². The first-order valence-corrected chi connectivity index (χ1v) is 7.63. The van der Waals surface area contributed by atoms with E-state index in [9.17, 15) is 14.4 Å². The van der Waals surface area contributed by atoms with E-state index in [0.29, 0.717) is 11.3 Å². The van der Waals surface area contributed by atoms with Crippen molar-refractivity contribution >= 4 is 18.0 Å². The second-order valence-corrected chi connectivity index (χ2v) is 6.51. The summed E-state index contributed by atoms with van der Waals surface area (Å²) in [5.41, 5.74) is 5.44. The lowest BCUT2D eigenvalue weighted by molar-refractivity contribution is -0.143. The van der Waals surface area contributed by atoms with Crippen LogP contribution in [0.3, 0.4) is 0 Å². The molecule has 0 fully saturated rings. The average molecular weight is 352 g/mol. The highest BCUT2D eigenvalue weighted by Crippen LogP contribution is 2.18. The number of hydrogen-bond acceptors (Lipinski definition) is 7. The number of esters is 1. The molecule has 0 radical (unpaired) electrons. The molecular weight excluding hydrogens is 328 g/mol. The number of nitrogens with two attached hydrogens (primary N) is 1. The molecule has 2 N–H and O–H groups in total. The van der Waals surface area contributed by atoms with E-state index in [-0.39, 0.29) is 12.5 Å². The van der Waals surface area contributed by atoms with E-state index in [1.165, 1.54) is 4.90 Å². The van der Waals surface area contributed by atoms with E-state index >= 15 is 0 Å². The summed E-state index contributed by atoms with van der Waals surface area (Å²) >= 11 is 0. The quantitative estimate of drug-likeness (QED) is 0.634. The average Bonchev–Trinajstić information content (AvgIpc) is 2.50. The molecule has 138 valence electrons. The molecule has 0 saturated heterocycles. The third kappa shape index (κ3) is 7.21. The van der Waals surface area contributed by atoms with Crippen molar-refractivity contribution in [3.05, 3.63) is 29.8 Å². The van der Waals surface area contributed by atoms with E-state index in [2.05, 4.69) is 4.74 Å². The van der Waals surface area contributed by atoms with Crippen LogP contribution in [0.15, 0.2) is 24.3 Å². The van der Waals surface area contributed by atoms with Crippen LogP contribution in [0.1, 0.15) is 32.4 Å². The zero-order chi connectivity index (χ0) is 19.2. The minimum atomic E-state index is -1.15. The van der Waals surface area contributed by atoms with E-state index in [1.807, 2.05) is 0 Å². The summed E-state index contributed by atoms with van der Waals surface area (Å²) in [6.07, 6.45) is -1.10. The fraction of sp³-hybridized carbons (Fsp3) is 0.471. The molecule has 25 heavy (non-hydrogen) atoms. The molecule has 1 aromatic rings. The predicted molar refractivity (Wildman–Crippen MR) is 89.9 cm³/mol. The third-order valence-electron chi connectivity index (χ3n) is 2.93. The highest BCUT2D eigenvalue weighted by molar-refractivity contribution is 5.86. The maximum absolute atomic E-state index is 11.9. The summed E-state index contributed by atoms with van der Waals surface area (Å²) in [6, 6.07) is 5.09. The smallest absolute Gasteiger partial charge is 0.484 e. The van der Waals surface area contributed by atoms with Gasteiger partial charge in [-0.3, -0.25) is 4.79 Å². The molecule has 1 unspecified atom stereocenters. The molecule has 0 bridgehead atoms. The Morgan fingerprint density at radius 2 is 1.68 bits per heavy atom. The van der Waals surface area contributed by atoms with Crippen LogP contribution in [-0.4, -0.2) is 49.2 Å². The molecule has 1 rings (SSSR count). The Balaban J connectivity index is 2.61. The van der Waals surface area contributed by atoms with Crippen LogP contribution in [0.2, 0.25) is 0 Å². The Morgan fingerprint density at radius 3 is 2.16 bits per heavy atom. The second kappa shape index (κ2) is 8.48. The number of ether oxygens (including phenoxy) is 3. The van der Waals surface area contributed by atoms with Crippen LogP contribution < -0.4 is 10.5 Å². The van der Waals surface area contributed by atoms with Gasteiger partial charge in [-0.2, -0.15) is 0 Å². The Labute approximate surface area is 146 Å². The SMILES string of the molecule is CN(C)C(=O)COc1ccc(C(N)C(=O)OC(=O)OC(C)(C)C)cc1. The van der Waals surface area contributed by atoms with Gasteiger partial charge in [0.15, 0.2) is 6.61 Å². The van der Waals surface area contributed by atoms with Crippen molar-refractivity contribution in [2.24, 2.45) is 5.73 Å². The summed E-state index contributed by atoms with van der Waals surface area (Å²) in [7, 11) is 3.26. The summed E-state index contributed by atoms with van der Waals surface area (Å²) in [5.74, 6) is -0.654. The van der Waals surface area contributed by atoms with Gasteiger partial charge >= 0.3 is 12.1 Å². The first-order valence-electron chi connectivity index (χ1n) is 7.63. The van der Waals surface area contributed by atoms with Gasteiger partial charge in [0.2, 0.25) is 0 Å². The van der Waals surface area contributed by atoms with Crippen molar-refractivity contribution in [3.63, 3.8) is 0 Å². The minimum absolute atomic E-state index is 0.0981. The Bertz CT molecular complexity index is 619. The first-order chi connectivity index (χ1) is 11.5. The number of carbonyl (C=O) groups excluding carboxylic acids is 3. The lowest BCUT2D eigenvalue weighted by Gasteiger charge is -2.19. The molecule has 0 aliphatic carbocycles. The van der Waals surface area contributed by atoms with Gasteiger partial charge in [0.1, 0.15) is 17.4 Å². The maximum Gasteiger partial charge on any atom is 0.516 e. The van der Waals surface area contributed by atoms with Crippen molar-refractivity contribution in [2.45, 2.75) is 32.4 Å².